The van der Waals surface area contributed by atoms with Crippen LogP contribution in [0.25, 0.3) is 44.7 Å². The summed E-state index contributed by atoms with van der Waals surface area (Å²) in [5.41, 5.74) is 3.70. The standard InChI is InChI=1S/C50H59FN8O7S/c1-27(2)42(56-47(61)63-8)45(60)57-18-10-12-36(57)43-53-26-34(55-43)29-21-32(51)41-38-22-30-20-28(33-25-52-44(54-33)37-13-11-19-58(37)48(62)66-49(3,4)5)14-16-35(30)59(38)46(65-39(41)23-29)40-17-15-31(67-40)24-50(6,7)64-9/h14-17,20-23,25-27,36-37,42,46H,10-13,18-19,24H2,1-9H3,(H,52,54)(H,53,55)(H,56,61). The van der Waals surface area contributed by atoms with Crippen molar-refractivity contribution in [2.24, 2.45) is 5.92 Å². The van der Waals surface area contributed by atoms with Crippen LogP contribution in [0.15, 0.2) is 60.9 Å². The van der Waals surface area contributed by atoms with E-state index in [0.717, 1.165) is 51.2 Å². The number of methoxy groups -OCH3 is 2. The van der Waals surface area contributed by atoms with Crippen LogP contribution in [-0.2, 0) is 25.4 Å². The van der Waals surface area contributed by atoms with E-state index in [9.17, 15) is 14.4 Å². The Balaban J connectivity index is 1.06. The second-order valence-electron chi connectivity index (χ2n) is 19.7. The molecule has 0 radical (unpaired) electrons. The first-order valence-corrected chi connectivity index (χ1v) is 23.8. The minimum atomic E-state index is -0.769. The molecule has 2 saturated heterocycles. The predicted molar refractivity (Wildman–Crippen MR) is 253 cm³/mol. The van der Waals surface area contributed by atoms with Crippen molar-refractivity contribution in [2.45, 2.75) is 116 Å². The molecule has 9 rings (SSSR count). The molecule has 4 atom stereocenters. The molecule has 17 heteroatoms. The number of H-pyrrole nitrogens is 2. The minimum Gasteiger partial charge on any atom is -0.464 e. The summed E-state index contributed by atoms with van der Waals surface area (Å²) in [5.74, 6) is 0.811. The summed E-state index contributed by atoms with van der Waals surface area (Å²) < 4.78 is 42.2. The molecule has 2 aromatic carbocycles. The molecule has 7 heterocycles. The highest BCUT2D eigenvalue weighted by atomic mass is 32.1. The number of rotatable bonds is 11. The number of aromatic amines is 2. The van der Waals surface area contributed by atoms with Gasteiger partial charge in [-0.05, 0) is 109 Å². The highest BCUT2D eigenvalue weighted by Gasteiger charge is 2.39. The van der Waals surface area contributed by atoms with E-state index in [4.69, 9.17) is 28.9 Å². The minimum absolute atomic E-state index is 0.174. The number of hydrogen-bond acceptors (Lipinski definition) is 10. The van der Waals surface area contributed by atoms with Crippen LogP contribution in [0.1, 0.15) is 114 Å². The Hall–Kier alpha value is -6.20. The molecule has 3 amide bonds. The van der Waals surface area contributed by atoms with Gasteiger partial charge < -0.3 is 39.1 Å². The molecular weight excluding hydrogens is 876 g/mol. The third-order valence-corrected chi connectivity index (χ3v) is 14.1. The van der Waals surface area contributed by atoms with Crippen molar-refractivity contribution >= 4 is 40.3 Å². The quantitative estimate of drug-likeness (QED) is 0.114. The third kappa shape index (κ3) is 9.02. The Morgan fingerprint density at radius 3 is 2.22 bits per heavy atom. The summed E-state index contributed by atoms with van der Waals surface area (Å²) >= 11 is 1.64. The monoisotopic (exact) mass is 934 g/mol. The van der Waals surface area contributed by atoms with Gasteiger partial charge in [-0.1, -0.05) is 19.9 Å². The second-order valence-corrected chi connectivity index (χ2v) is 20.9. The number of amides is 3. The zero-order valence-electron chi connectivity index (χ0n) is 39.5. The molecule has 4 aromatic heterocycles. The number of nitrogens with one attached hydrogen (secondary N) is 3. The molecule has 6 aromatic rings. The van der Waals surface area contributed by atoms with E-state index >= 15 is 4.39 Å². The number of nitrogens with zero attached hydrogens (tertiary/aromatic N) is 5. The summed E-state index contributed by atoms with van der Waals surface area (Å²) in [6, 6.07) is 14.3. The van der Waals surface area contributed by atoms with E-state index in [1.165, 1.54) is 13.2 Å². The smallest absolute Gasteiger partial charge is 0.410 e. The Labute approximate surface area is 393 Å². The highest BCUT2D eigenvalue weighted by Crippen LogP contribution is 2.48. The summed E-state index contributed by atoms with van der Waals surface area (Å²) in [6.07, 6.45) is 5.59. The molecule has 3 aliphatic rings. The number of halogens is 1. The van der Waals surface area contributed by atoms with Crippen molar-refractivity contribution in [3.05, 3.63) is 88.1 Å². The SMILES string of the molecule is COC(=O)NC(C(=O)N1CCCC1c1ncc(-c2cc(F)c3c(c2)OC(c2ccc(CC(C)(C)OC)s2)n2c-3cc3cc(-c4cnc(C5CCCN5C(=O)OC(C)(C)C)[nH]4)ccc32)[nH]1)C(C)C. The molecule has 67 heavy (non-hydrogen) atoms. The summed E-state index contributed by atoms with van der Waals surface area (Å²) in [4.78, 5) is 61.0. The van der Waals surface area contributed by atoms with Crippen molar-refractivity contribution in [1.29, 1.82) is 0 Å². The van der Waals surface area contributed by atoms with Gasteiger partial charge in [-0.15, -0.1) is 11.3 Å². The van der Waals surface area contributed by atoms with Gasteiger partial charge in [0, 0.05) is 48.0 Å². The maximum absolute atomic E-state index is 16.9. The van der Waals surface area contributed by atoms with Gasteiger partial charge in [0.1, 0.15) is 34.9 Å². The zero-order valence-corrected chi connectivity index (χ0v) is 40.3. The number of likely N-dealkylation sites (tertiary alicyclic amines) is 2. The van der Waals surface area contributed by atoms with Crippen molar-refractivity contribution in [2.75, 3.05) is 27.3 Å². The average Bonchev–Trinajstić information content (AvgIpc) is 4.14. The van der Waals surface area contributed by atoms with Crippen LogP contribution < -0.4 is 10.1 Å². The van der Waals surface area contributed by atoms with E-state index in [0.29, 0.717) is 65.8 Å². The number of imidazole rings is 2. The normalized spacial score (nSPS) is 18.8. The van der Waals surface area contributed by atoms with Crippen LogP contribution in [0.2, 0.25) is 0 Å². The van der Waals surface area contributed by atoms with Crippen molar-refractivity contribution in [1.82, 2.24) is 39.6 Å². The Morgan fingerprint density at radius 2 is 1.57 bits per heavy atom. The fourth-order valence-electron chi connectivity index (χ4n) is 9.49. The number of carbonyl (C=O) groups excluding carboxylic acids is 3. The lowest BCUT2D eigenvalue weighted by molar-refractivity contribution is -0.135. The molecule has 3 N–H and O–H groups in total. The first-order chi connectivity index (χ1) is 31.9. The highest BCUT2D eigenvalue weighted by molar-refractivity contribution is 7.12. The van der Waals surface area contributed by atoms with Gasteiger partial charge in [0.25, 0.3) is 0 Å². The molecule has 2 fully saturated rings. The molecular formula is C50H59FN8O7S. The van der Waals surface area contributed by atoms with E-state index in [1.807, 2.05) is 58.9 Å². The Morgan fingerprint density at radius 1 is 0.896 bits per heavy atom. The van der Waals surface area contributed by atoms with Gasteiger partial charge in [-0.2, -0.15) is 0 Å². The second kappa shape index (κ2) is 17.8. The number of thiophene rings is 1. The number of aromatic nitrogens is 5. The summed E-state index contributed by atoms with van der Waals surface area (Å²) in [5, 5.41) is 3.58. The van der Waals surface area contributed by atoms with E-state index in [1.54, 1.807) is 40.6 Å². The van der Waals surface area contributed by atoms with Crippen molar-refractivity contribution < 1.29 is 37.7 Å². The Kier molecular flexibility index (Phi) is 12.2. The summed E-state index contributed by atoms with van der Waals surface area (Å²) in [6.45, 7) is 14.6. The van der Waals surface area contributed by atoms with Gasteiger partial charge in [-0.25, -0.2) is 23.9 Å². The lowest BCUT2D eigenvalue weighted by atomic mass is 10.0. The van der Waals surface area contributed by atoms with Crippen LogP contribution in [0.5, 0.6) is 5.75 Å². The van der Waals surface area contributed by atoms with Crippen LogP contribution in [0.4, 0.5) is 14.0 Å². The van der Waals surface area contributed by atoms with Crippen LogP contribution in [-0.4, -0.2) is 96.9 Å². The number of carbonyl (C=O) groups is 3. The maximum atomic E-state index is 16.9. The van der Waals surface area contributed by atoms with Gasteiger partial charge in [0.2, 0.25) is 12.1 Å². The molecule has 3 aliphatic heterocycles. The largest absolute Gasteiger partial charge is 0.464 e. The van der Waals surface area contributed by atoms with Crippen LogP contribution in [0, 0.1) is 11.7 Å². The lowest BCUT2D eigenvalue weighted by Crippen LogP contribution is -2.51. The number of benzene rings is 2. The lowest BCUT2D eigenvalue weighted by Gasteiger charge is -2.30. The number of fused-ring (bicyclic) bond motifs is 5. The Bertz CT molecular complexity index is 2840. The fourth-order valence-corrected chi connectivity index (χ4v) is 10.7. The maximum Gasteiger partial charge on any atom is 0.410 e. The van der Waals surface area contributed by atoms with E-state index in [2.05, 4.69) is 51.9 Å². The fraction of sp³-hybridized carbons (Fsp3) is 0.460. The molecule has 15 nitrogen and oxygen atoms in total. The molecule has 0 aliphatic carbocycles. The van der Waals surface area contributed by atoms with Gasteiger partial charge in [0.05, 0.1) is 70.2 Å². The molecule has 0 bridgehead atoms. The van der Waals surface area contributed by atoms with Crippen LogP contribution >= 0.6 is 11.3 Å². The van der Waals surface area contributed by atoms with E-state index in [-0.39, 0.29) is 35.6 Å². The van der Waals surface area contributed by atoms with Gasteiger partial charge >= 0.3 is 12.2 Å². The van der Waals surface area contributed by atoms with Crippen LogP contribution in [0.3, 0.4) is 0 Å². The van der Waals surface area contributed by atoms with Crippen molar-refractivity contribution in [3.8, 4) is 39.5 Å². The number of alkyl carbamates (subject to hydrolysis) is 1. The number of hydrogen-bond donors (Lipinski definition) is 3. The van der Waals surface area contributed by atoms with E-state index < -0.39 is 29.8 Å². The summed E-state index contributed by atoms with van der Waals surface area (Å²) in [7, 11) is 2.98. The molecule has 4 unspecified atom stereocenters. The zero-order chi connectivity index (χ0) is 47.5. The predicted octanol–water partition coefficient (Wildman–Crippen LogP) is 10.3. The first kappa shape index (κ1) is 45.9. The number of ether oxygens (including phenoxy) is 4. The average molecular weight is 935 g/mol. The molecule has 354 valence electrons. The van der Waals surface area contributed by atoms with Gasteiger partial charge in [0.15, 0.2) is 0 Å². The molecule has 0 saturated carbocycles. The first-order valence-electron chi connectivity index (χ1n) is 23.0. The van der Waals surface area contributed by atoms with Gasteiger partial charge in [-0.3, -0.25) is 14.3 Å². The third-order valence-electron chi connectivity index (χ3n) is 13.0. The topological polar surface area (TPSA) is 169 Å². The molecule has 0 spiro atoms. The van der Waals surface area contributed by atoms with Crippen molar-refractivity contribution in [3.63, 3.8) is 0 Å².